The van der Waals surface area contributed by atoms with Crippen molar-refractivity contribution in [3.8, 4) is 0 Å². The monoisotopic (exact) mass is 430 g/mol. The van der Waals surface area contributed by atoms with Crippen molar-refractivity contribution in [1.29, 1.82) is 0 Å². The van der Waals surface area contributed by atoms with Crippen LogP contribution < -0.4 is 15.5 Å². The number of nitrogens with one attached hydrogen (secondary N) is 2. The van der Waals surface area contributed by atoms with Crippen LogP contribution in [0.15, 0.2) is 18.3 Å². The summed E-state index contributed by atoms with van der Waals surface area (Å²) in [6.45, 7) is 2.84. The average Bonchev–Trinajstić information content (AvgIpc) is 3.60. The van der Waals surface area contributed by atoms with Crippen molar-refractivity contribution in [3.05, 3.63) is 29.7 Å². The van der Waals surface area contributed by atoms with E-state index in [9.17, 15) is 13.6 Å². The van der Waals surface area contributed by atoms with Crippen LogP contribution in [0, 0.1) is 0 Å². The van der Waals surface area contributed by atoms with Crippen LogP contribution in [0.2, 0.25) is 0 Å². The van der Waals surface area contributed by atoms with Crippen LogP contribution in [-0.2, 0) is 20.9 Å². The predicted molar refractivity (Wildman–Crippen MR) is 111 cm³/mol. The Hall–Kier alpha value is -2.88. The number of fused-ring (bicyclic) bond motifs is 2. The van der Waals surface area contributed by atoms with Crippen LogP contribution in [0.25, 0.3) is 0 Å². The van der Waals surface area contributed by atoms with Crippen molar-refractivity contribution in [2.45, 2.75) is 56.6 Å². The van der Waals surface area contributed by atoms with Crippen molar-refractivity contribution in [2.75, 3.05) is 29.2 Å². The Balaban J connectivity index is 1.54. The summed E-state index contributed by atoms with van der Waals surface area (Å²) in [6, 6.07) is 3.52. The van der Waals surface area contributed by atoms with E-state index in [0.717, 1.165) is 37.4 Å². The highest BCUT2D eigenvalue weighted by Gasteiger charge is 2.53. The lowest BCUT2D eigenvalue weighted by Crippen LogP contribution is -2.23. The zero-order chi connectivity index (χ0) is 22.0. The SMILES string of the molecule is COC1CC1Nc1cc(N2CC3(CC3)c3cnc(NC(C)=O)cc32)nc(C(C)(F)F)n1. The molecule has 31 heavy (non-hydrogen) atoms. The number of halogens is 2. The Kier molecular flexibility index (Phi) is 4.40. The van der Waals surface area contributed by atoms with Crippen molar-refractivity contribution in [1.82, 2.24) is 15.0 Å². The maximum Gasteiger partial charge on any atom is 0.303 e. The van der Waals surface area contributed by atoms with Gasteiger partial charge in [-0.1, -0.05) is 0 Å². The third kappa shape index (κ3) is 3.69. The van der Waals surface area contributed by atoms with Crippen molar-refractivity contribution in [2.24, 2.45) is 0 Å². The van der Waals surface area contributed by atoms with Crippen LogP contribution in [0.4, 0.5) is 31.9 Å². The van der Waals surface area contributed by atoms with Gasteiger partial charge in [0.05, 0.1) is 17.8 Å². The normalized spacial score (nSPS) is 22.9. The molecule has 1 amide bonds. The van der Waals surface area contributed by atoms with E-state index in [-0.39, 0.29) is 23.5 Å². The quantitative estimate of drug-likeness (QED) is 0.726. The van der Waals surface area contributed by atoms with Gasteiger partial charge in [-0.2, -0.15) is 8.78 Å². The van der Waals surface area contributed by atoms with Gasteiger partial charge in [-0.05, 0) is 19.3 Å². The zero-order valence-corrected chi connectivity index (χ0v) is 17.6. The minimum atomic E-state index is -3.18. The molecule has 2 atom stereocenters. The number of hydrogen-bond donors (Lipinski definition) is 2. The maximum absolute atomic E-state index is 14.2. The standard InChI is InChI=1S/C21H24F2N6O2/c1-11(30)25-16-7-14-12(9-24-16)21(4-5-21)10-29(14)18-8-17(26-13-6-15(13)31-3)27-19(28-18)20(2,22)23/h7-9,13,15H,4-6,10H2,1-3H3,(H,24,25,30)(H,26,27,28). The zero-order valence-electron chi connectivity index (χ0n) is 17.6. The van der Waals surface area contributed by atoms with Gasteiger partial charge < -0.3 is 20.3 Å². The Labute approximate surface area is 178 Å². The highest BCUT2D eigenvalue weighted by atomic mass is 19.3. The van der Waals surface area contributed by atoms with E-state index < -0.39 is 11.7 Å². The first-order chi connectivity index (χ1) is 14.7. The van der Waals surface area contributed by atoms with Crippen LogP contribution in [0.1, 0.15) is 44.5 Å². The van der Waals surface area contributed by atoms with Gasteiger partial charge in [0.2, 0.25) is 11.7 Å². The van der Waals surface area contributed by atoms with E-state index in [0.29, 0.717) is 24.0 Å². The summed E-state index contributed by atoms with van der Waals surface area (Å²) < 4.78 is 33.7. The summed E-state index contributed by atoms with van der Waals surface area (Å²) in [5.41, 5.74) is 1.84. The lowest BCUT2D eigenvalue weighted by atomic mass is 10.0. The number of nitrogens with zero attached hydrogens (tertiary/aromatic N) is 4. The molecule has 3 heterocycles. The number of carbonyl (C=O) groups excluding carboxylic acids is 1. The topological polar surface area (TPSA) is 92.3 Å². The number of pyridine rings is 1. The third-order valence-electron chi connectivity index (χ3n) is 6.11. The summed E-state index contributed by atoms with van der Waals surface area (Å²) in [6.07, 6.45) is 4.63. The Morgan fingerprint density at radius 2 is 2.06 bits per heavy atom. The molecule has 2 N–H and O–H groups in total. The van der Waals surface area contributed by atoms with Gasteiger partial charge in [-0.15, -0.1) is 0 Å². The van der Waals surface area contributed by atoms with E-state index in [1.807, 2.05) is 4.90 Å². The highest BCUT2D eigenvalue weighted by molar-refractivity contribution is 5.89. The van der Waals surface area contributed by atoms with Gasteiger partial charge in [0.1, 0.15) is 17.5 Å². The minimum Gasteiger partial charge on any atom is -0.379 e. The van der Waals surface area contributed by atoms with E-state index in [1.54, 1.807) is 25.4 Å². The van der Waals surface area contributed by atoms with Crippen LogP contribution >= 0.6 is 0 Å². The van der Waals surface area contributed by atoms with Crippen LogP contribution in [0.3, 0.4) is 0 Å². The van der Waals surface area contributed by atoms with E-state index in [4.69, 9.17) is 4.74 Å². The number of rotatable bonds is 6. The van der Waals surface area contributed by atoms with Crippen LogP contribution in [0.5, 0.6) is 0 Å². The van der Waals surface area contributed by atoms with Crippen molar-refractivity contribution in [3.63, 3.8) is 0 Å². The first-order valence-electron chi connectivity index (χ1n) is 10.3. The second kappa shape index (κ2) is 6.81. The molecule has 2 fully saturated rings. The van der Waals surface area contributed by atoms with Gasteiger partial charge >= 0.3 is 5.92 Å². The average molecular weight is 430 g/mol. The maximum atomic E-state index is 14.2. The van der Waals surface area contributed by atoms with E-state index in [1.165, 1.54) is 6.92 Å². The minimum absolute atomic E-state index is 0.0395. The fraction of sp³-hybridized carbons (Fsp3) is 0.524. The molecule has 0 radical (unpaired) electrons. The number of hydrogen-bond acceptors (Lipinski definition) is 7. The molecule has 2 aromatic heterocycles. The fourth-order valence-corrected chi connectivity index (χ4v) is 4.20. The Bertz CT molecular complexity index is 1050. The lowest BCUT2D eigenvalue weighted by molar-refractivity contribution is -0.114. The molecule has 3 aliphatic rings. The summed E-state index contributed by atoms with van der Waals surface area (Å²) in [7, 11) is 1.63. The molecule has 2 saturated carbocycles. The van der Waals surface area contributed by atoms with Crippen molar-refractivity contribution < 1.29 is 18.3 Å². The van der Waals surface area contributed by atoms with Gasteiger partial charge in [0.15, 0.2) is 0 Å². The first-order valence-corrected chi connectivity index (χ1v) is 10.3. The molecule has 0 saturated heterocycles. The van der Waals surface area contributed by atoms with Gasteiger partial charge in [0, 0.05) is 56.8 Å². The molecule has 10 heteroatoms. The number of alkyl halides is 2. The largest absolute Gasteiger partial charge is 0.379 e. The second-order valence-corrected chi connectivity index (χ2v) is 8.72. The molecule has 0 aromatic carbocycles. The molecule has 5 rings (SSSR count). The predicted octanol–water partition coefficient (Wildman–Crippen LogP) is 3.32. The molecule has 0 bridgehead atoms. The fourth-order valence-electron chi connectivity index (χ4n) is 4.20. The number of methoxy groups -OCH3 is 1. The van der Waals surface area contributed by atoms with Gasteiger partial charge in [-0.3, -0.25) is 4.79 Å². The number of aromatic nitrogens is 3. The number of ether oxygens (including phenoxy) is 1. The van der Waals surface area contributed by atoms with E-state index >= 15 is 0 Å². The smallest absolute Gasteiger partial charge is 0.303 e. The first kappa shape index (κ1) is 20.0. The van der Waals surface area contributed by atoms with Crippen molar-refractivity contribution >= 4 is 29.0 Å². The van der Waals surface area contributed by atoms with Gasteiger partial charge in [-0.25, -0.2) is 15.0 Å². The molecular weight excluding hydrogens is 406 g/mol. The molecule has 1 spiro atoms. The molecule has 164 valence electrons. The van der Waals surface area contributed by atoms with E-state index in [2.05, 4.69) is 25.6 Å². The Morgan fingerprint density at radius 1 is 1.29 bits per heavy atom. The molecule has 2 unspecified atom stereocenters. The Morgan fingerprint density at radius 3 is 2.68 bits per heavy atom. The highest BCUT2D eigenvalue weighted by Crippen LogP contribution is 2.58. The van der Waals surface area contributed by atoms with Crippen LogP contribution in [-0.4, -0.2) is 46.7 Å². The molecule has 8 nitrogen and oxygen atoms in total. The molecule has 2 aromatic rings. The molecular formula is C21H24F2N6O2. The summed E-state index contributed by atoms with van der Waals surface area (Å²) in [5.74, 6) is -2.78. The summed E-state index contributed by atoms with van der Waals surface area (Å²) in [4.78, 5) is 26.1. The molecule has 1 aliphatic heterocycles. The van der Waals surface area contributed by atoms with Gasteiger partial charge in [0.25, 0.3) is 0 Å². The molecule has 2 aliphatic carbocycles. The third-order valence-corrected chi connectivity index (χ3v) is 6.11. The summed E-state index contributed by atoms with van der Waals surface area (Å²) in [5, 5.41) is 5.88. The summed E-state index contributed by atoms with van der Waals surface area (Å²) >= 11 is 0. The second-order valence-electron chi connectivity index (χ2n) is 8.72. The number of carbonyl (C=O) groups is 1. The number of amides is 1. The lowest BCUT2D eigenvalue weighted by Gasteiger charge is -2.22. The number of anilines is 4.